The Balaban J connectivity index is 1.90. The zero-order valence-corrected chi connectivity index (χ0v) is 13.9. The molecule has 23 heavy (non-hydrogen) atoms. The molecule has 0 aliphatic heterocycles. The van der Waals surface area contributed by atoms with Crippen LogP contribution in [-0.2, 0) is 24.2 Å². The minimum absolute atomic E-state index is 0.0836. The number of fused-ring (bicyclic) bond motifs is 3. The maximum atomic E-state index is 9.41. The first-order chi connectivity index (χ1) is 11.2. The molecule has 3 rings (SSSR count). The largest absolute Gasteiger partial charge is 0.491 e. The van der Waals surface area contributed by atoms with Crippen LogP contribution in [-0.4, -0.2) is 24.9 Å². The Hall–Kier alpha value is -1.84. The number of ether oxygens (including phenoxy) is 2. The maximum Gasteiger partial charge on any atom is 0.120 e. The molecule has 1 aliphatic carbocycles. The number of aryl methyl sites for hydroxylation is 3. The van der Waals surface area contributed by atoms with Crippen molar-refractivity contribution in [2.24, 2.45) is 0 Å². The van der Waals surface area contributed by atoms with Gasteiger partial charge in [0, 0.05) is 6.61 Å². The van der Waals surface area contributed by atoms with Crippen LogP contribution in [0.5, 0.6) is 5.75 Å². The van der Waals surface area contributed by atoms with Crippen molar-refractivity contribution in [3.05, 3.63) is 52.6 Å². The smallest absolute Gasteiger partial charge is 0.120 e. The van der Waals surface area contributed by atoms with E-state index in [1.165, 1.54) is 27.8 Å². The van der Waals surface area contributed by atoms with Gasteiger partial charge in [-0.3, -0.25) is 0 Å². The van der Waals surface area contributed by atoms with Crippen molar-refractivity contribution in [3.63, 3.8) is 0 Å². The lowest BCUT2D eigenvalue weighted by atomic mass is 9.82. The normalized spacial score (nSPS) is 12.7. The van der Waals surface area contributed by atoms with Crippen molar-refractivity contribution in [2.75, 3.05) is 19.8 Å². The molecule has 0 spiro atoms. The molecule has 0 atom stereocenters. The van der Waals surface area contributed by atoms with Crippen LogP contribution in [0.25, 0.3) is 11.1 Å². The zero-order chi connectivity index (χ0) is 16.2. The van der Waals surface area contributed by atoms with Crippen molar-refractivity contribution in [1.82, 2.24) is 0 Å². The SMILES string of the molecule is CCOCCOc1cc(C)c2c(c1)CCc1ccc(CO)cc1-2. The lowest BCUT2D eigenvalue weighted by Gasteiger charge is -2.23. The van der Waals surface area contributed by atoms with Gasteiger partial charge in [0.15, 0.2) is 0 Å². The van der Waals surface area contributed by atoms with Gasteiger partial charge in [-0.15, -0.1) is 0 Å². The summed E-state index contributed by atoms with van der Waals surface area (Å²) in [6.45, 7) is 6.12. The first-order valence-corrected chi connectivity index (χ1v) is 8.30. The van der Waals surface area contributed by atoms with E-state index in [1.54, 1.807) is 0 Å². The molecule has 1 N–H and O–H groups in total. The van der Waals surface area contributed by atoms with Gasteiger partial charge in [-0.05, 0) is 78.3 Å². The lowest BCUT2D eigenvalue weighted by Crippen LogP contribution is -2.09. The van der Waals surface area contributed by atoms with Crippen LogP contribution in [0.1, 0.15) is 29.2 Å². The Labute approximate surface area is 137 Å². The van der Waals surface area contributed by atoms with Crippen molar-refractivity contribution in [1.29, 1.82) is 0 Å². The Morgan fingerprint density at radius 2 is 1.87 bits per heavy atom. The van der Waals surface area contributed by atoms with Crippen molar-refractivity contribution in [2.45, 2.75) is 33.3 Å². The third kappa shape index (κ3) is 3.41. The van der Waals surface area contributed by atoms with Gasteiger partial charge in [-0.2, -0.15) is 0 Å². The highest BCUT2D eigenvalue weighted by Gasteiger charge is 2.19. The minimum atomic E-state index is 0.0836. The second-order valence-corrected chi connectivity index (χ2v) is 5.97. The summed E-state index contributed by atoms with van der Waals surface area (Å²) in [6.07, 6.45) is 2.07. The summed E-state index contributed by atoms with van der Waals surface area (Å²) in [7, 11) is 0. The molecule has 0 bridgehead atoms. The number of hydrogen-bond donors (Lipinski definition) is 1. The van der Waals surface area contributed by atoms with Crippen LogP contribution in [0.4, 0.5) is 0 Å². The fourth-order valence-electron chi connectivity index (χ4n) is 3.30. The van der Waals surface area contributed by atoms with Crippen molar-refractivity contribution < 1.29 is 14.6 Å². The third-order valence-electron chi connectivity index (χ3n) is 4.38. The van der Waals surface area contributed by atoms with Crippen LogP contribution < -0.4 is 4.74 Å². The van der Waals surface area contributed by atoms with E-state index in [0.717, 1.165) is 30.8 Å². The summed E-state index contributed by atoms with van der Waals surface area (Å²) in [5.41, 5.74) is 7.45. The summed E-state index contributed by atoms with van der Waals surface area (Å²) >= 11 is 0. The van der Waals surface area contributed by atoms with E-state index in [1.807, 2.05) is 13.0 Å². The molecular weight excluding hydrogens is 288 g/mol. The first kappa shape index (κ1) is 16.0. The van der Waals surface area contributed by atoms with Crippen molar-refractivity contribution >= 4 is 0 Å². The topological polar surface area (TPSA) is 38.7 Å². The number of hydrogen-bond acceptors (Lipinski definition) is 3. The molecule has 1 aliphatic rings. The minimum Gasteiger partial charge on any atom is -0.491 e. The van der Waals surface area contributed by atoms with Crippen LogP contribution in [0.3, 0.4) is 0 Å². The summed E-state index contributed by atoms with van der Waals surface area (Å²) in [6, 6.07) is 10.5. The molecule has 0 unspecified atom stereocenters. The highest BCUT2D eigenvalue weighted by molar-refractivity contribution is 5.77. The Bertz CT molecular complexity index is 692. The monoisotopic (exact) mass is 312 g/mol. The predicted molar refractivity (Wildman–Crippen MR) is 91.9 cm³/mol. The molecule has 0 saturated heterocycles. The Kier molecular flexibility index (Phi) is 4.99. The average Bonchev–Trinajstić information content (AvgIpc) is 2.57. The van der Waals surface area contributed by atoms with Gasteiger partial charge >= 0.3 is 0 Å². The van der Waals surface area contributed by atoms with Gasteiger partial charge in [0.2, 0.25) is 0 Å². The number of aliphatic hydroxyl groups excluding tert-OH is 1. The molecule has 122 valence electrons. The molecule has 0 saturated carbocycles. The number of benzene rings is 2. The highest BCUT2D eigenvalue weighted by Crippen LogP contribution is 2.38. The third-order valence-corrected chi connectivity index (χ3v) is 4.38. The molecule has 0 fully saturated rings. The molecule has 3 nitrogen and oxygen atoms in total. The fraction of sp³-hybridized carbons (Fsp3) is 0.400. The first-order valence-electron chi connectivity index (χ1n) is 8.30. The van der Waals surface area contributed by atoms with Gasteiger partial charge in [0.1, 0.15) is 12.4 Å². The molecule has 2 aromatic rings. The number of rotatable bonds is 6. The number of aliphatic hydroxyl groups is 1. The van der Waals surface area contributed by atoms with E-state index in [0.29, 0.717) is 13.2 Å². The molecule has 0 aromatic heterocycles. The quantitative estimate of drug-likeness (QED) is 0.827. The standard InChI is InChI=1S/C20H24O3/c1-3-22-8-9-23-18-10-14(2)20-17(12-18)7-6-16-5-4-15(13-21)11-19(16)20/h4-5,10-12,21H,3,6-9,13H2,1-2H3. The Morgan fingerprint density at radius 3 is 2.65 bits per heavy atom. The second kappa shape index (κ2) is 7.16. The summed E-state index contributed by atoms with van der Waals surface area (Å²) in [5.74, 6) is 0.919. The average molecular weight is 312 g/mol. The summed E-state index contributed by atoms with van der Waals surface area (Å²) in [5, 5.41) is 9.41. The molecule has 2 aromatic carbocycles. The van der Waals surface area contributed by atoms with Crippen LogP contribution in [0.15, 0.2) is 30.3 Å². The zero-order valence-electron chi connectivity index (χ0n) is 13.9. The molecule has 0 heterocycles. The highest BCUT2D eigenvalue weighted by atomic mass is 16.5. The fourth-order valence-corrected chi connectivity index (χ4v) is 3.30. The Morgan fingerprint density at radius 1 is 1.04 bits per heavy atom. The molecule has 0 radical (unpaired) electrons. The van der Waals surface area contributed by atoms with Gasteiger partial charge in [0.05, 0.1) is 13.2 Å². The van der Waals surface area contributed by atoms with Gasteiger partial charge in [-0.1, -0.05) is 12.1 Å². The van der Waals surface area contributed by atoms with Crippen LogP contribution in [0.2, 0.25) is 0 Å². The van der Waals surface area contributed by atoms with Gasteiger partial charge < -0.3 is 14.6 Å². The molecule has 3 heteroatoms. The van der Waals surface area contributed by atoms with E-state index >= 15 is 0 Å². The van der Waals surface area contributed by atoms with E-state index in [2.05, 4.69) is 31.2 Å². The van der Waals surface area contributed by atoms with Crippen LogP contribution >= 0.6 is 0 Å². The van der Waals surface area contributed by atoms with Gasteiger partial charge in [0.25, 0.3) is 0 Å². The molecule has 0 amide bonds. The predicted octanol–water partition coefficient (Wildman–Crippen LogP) is 3.67. The van der Waals surface area contributed by atoms with Gasteiger partial charge in [-0.25, -0.2) is 0 Å². The maximum absolute atomic E-state index is 9.41. The van der Waals surface area contributed by atoms with Crippen LogP contribution in [0, 0.1) is 6.92 Å². The van der Waals surface area contributed by atoms with E-state index in [4.69, 9.17) is 9.47 Å². The van der Waals surface area contributed by atoms with E-state index in [9.17, 15) is 5.11 Å². The second-order valence-electron chi connectivity index (χ2n) is 5.97. The van der Waals surface area contributed by atoms with Crippen molar-refractivity contribution in [3.8, 4) is 16.9 Å². The summed E-state index contributed by atoms with van der Waals surface area (Å²) in [4.78, 5) is 0. The summed E-state index contributed by atoms with van der Waals surface area (Å²) < 4.78 is 11.1. The molecular formula is C20H24O3. The van der Waals surface area contributed by atoms with E-state index in [-0.39, 0.29) is 6.61 Å². The lowest BCUT2D eigenvalue weighted by molar-refractivity contribution is 0.110. The van der Waals surface area contributed by atoms with E-state index < -0.39 is 0 Å².